The van der Waals surface area contributed by atoms with E-state index in [-0.39, 0.29) is 11.8 Å². The molecule has 2 saturated heterocycles. The predicted molar refractivity (Wildman–Crippen MR) is 117 cm³/mol. The highest BCUT2D eigenvalue weighted by Crippen LogP contribution is 2.28. The summed E-state index contributed by atoms with van der Waals surface area (Å²) >= 11 is 0. The van der Waals surface area contributed by atoms with Gasteiger partial charge in [-0.1, -0.05) is 12.1 Å². The first-order valence-corrected chi connectivity index (χ1v) is 11.1. The average molecular weight is 396 g/mol. The quantitative estimate of drug-likeness (QED) is 0.519. The normalized spacial score (nSPS) is 22.3. The minimum Gasteiger partial charge on any atom is -0.384 e. The van der Waals surface area contributed by atoms with Crippen LogP contribution in [-0.2, 0) is 17.8 Å². The first kappa shape index (κ1) is 20.0. The third-order valence-electron chi connectivity index (χ3n) is 6.66. The molecule has 6 heteroatoms. The number of hydrogen-bond donors (Lipinski definition) is 3. The van der Waals surface area contributed by atoms with E-state index < -0.39 is 0 Å². The summed E-state index contributed by atoms with van der Waals surface area (Å²) in [4.78, 5) is 15.2. The molecule has 3 heterocycles. The molecule has 0 aliphatic carbocycles. The van der Waals surface area contributed by atoms with Crippen molar-refractivity contribution < 1.29 is 4.79 Å². The fourth-order valence-corrected chi connectivity index (χ4v) is 5.10. The molecule has 4 N–H and O–H groups in total. The maximum atomic E-state index is 13.0. The largest absolute Gasteiger partial charge is 0.384 e. The molecule has 0 saturated carbocycles. The third kappa shape index (κ3) is 4.04. The number of carbonyl (C=O) groups excluding carboxylic acids is 1. The van der Waals surface area contributed by atoms with Crippen LogP contribution in [0.2, 0.25) is 0 Å². The van der Waals surface area contributed by atoms with Gasteiger partial charge in [0, 0.05) is 42.5 Å². The summed E-state index contributed by atoms with van der Waals surface area (Å²) in [6.45, 7) is 5.84. The van der Waals surface area contributed by atoms with Gasteiger partial charge in [0.25, 0.3) is 0 Å². The second-order valence-electron chi connectivity index (χ2n) is 8.48. The number of likely N-dealkylation sites (tertiary alicyclic amines) is 1. The van der Waals surface area contributed by atoms with Crippen LogP contribution in [0.4, 0.5) is 0 Å². The van der Waals surface area contributed by atoms with E-state index >= 15 is 0 Å². The first-order valence-electron chi connectivity index (χ1n) is 11.1. The lowest BCUT2D eigenvalue weighted by Crippen LogP contribution is -2.45. The summed E-state index contributed by atoms with van der Waals surface area (Å²) in [5.41, 5.74) is 8.90. The van der Waals surface area contributed by atoms with Gasteiger partial charge < -0.3 is 20.5 Å². The second kappa shape index (κ2) is 8.57. The van der Waals surface area contributed by atoms with Crippen LogP contribution in [0.25, 0.3) is 10.9 Å². The van der Waals surface area contributed by atoms with E-state index in [1.807, 2.05) is 12.1 Å². The number of carbonyl (C=O) groups is 1. The number of nitrogen functional groups attached to an aromatic ring is 1. The highest BCUT2D eigenvalue weighted by molar-refractivity contribution is 5.98. The Morgan fingerprint density at radius 3 is 2.86 bits per heavy atom. The smallest absolute Gasteiger partial charge is 0.227 e. The molecule has 156 valence electrons. The Labute approximate surface area is 172 Å². The maximum absolute atomic E-state index is 13.0. The van der Waals surface area contributed by atoms with Gasteiger partial charge in [-0.25, -0.2) is 0 Å². The highest BCUT2D eigenvalue weighted by Gasteiger charge is 2.33. The van der Waals surface area contributed by atoms with Crippen molar-refractivity contribution in [3.05, 3.63) is 35.5 Å². The van der Waals surface area contributed by atoms with Gasteiger partial charge in [0.05, 0.1) is 5.92 Å². The molecule has 2 unspecified atom stereocenters. The highest BCUT2D eigenvalue weighted by atomic mass is 16.2. The van der Waals surface area contributed by atoms with E-state index in [2.05, 4.69) is 33.8 Å². The summed E-state index contributed by atoms with van der Waals surface area (Å²) in [7, 11) is 0. The zero-order valence-electron chi connectivity index (χ0n) is 17.4. The molecular formula is C23H33N5O. The lowest BCUT2D eigenvalue weighted by molar-refractivity contribution is -0.137. The number of nitrogens with zero attached hydrogens (tertiary/aromatic N) is 2. The number of rotatable bonds is 6. The van der Waals surface area contributed by atoms with E-state index in [1.54, 1.807) is 0 Å². The summed E-state index contributed by atoms with van der Waals surface area (Å²) in [5.74, 6) is 0.632. The van der Waals surface area contributed by atoms with Crippen molar-refractivity contribution in [2.75, 3.05) is 19.6 Å². The molecule has 0 radical (unpaired) electrons. The number of aromatic nitrogens is 1. The zero-order chi connectivity index (χ0) is 20.4. The predicted octanol–water partition coefficient (Wildman–Crippen LogP) is 2.87. The minimum atomic E-state index is 0.106. The molecule has 2 fully saturated rings. The molecule has 0 spiro atoms. The maximum Gasteiger partial charge on any atom is 0.227 e. The molecule has 2 aliphatic heterocycles. The van der Waals surface area contributed by atoms with Crippen LogP contribution in [0.3, 0.4) is 0 Å². The van der Waals surface area contributed by atoms with Gasteiger partial charge in [0.2, 0.25) is 5.91 Å². The van der Waals surface area contributed by atoms with Gasteiger partial charge >= 0.3 is 0 Å². The number of amidine groups is 1. The molecule has 29 heavy (non-hydrogen) atoms. The van der Waals surface area contributed by atoms with Crippen LogP contribution in [-0.4, -0.2) is 46.9 Å². The number of aryl methyl sites for hydroxylation is 2. The van der Waals surface area contributed by atoms with Gasteiger partial charge in [0.15, 0.2) is 0 Å². The molecule has 1 aromatic heterocycles. The number of fused-ring (bicyclic) bond motifs is 1. The summed E-state index contributed by atoms with van der Waals surface area (Å²) in [5, 5.41) is 12.3. The van der Waals surface area contributed by atoms with Crippen LogP contribution < -0.4 is 11.1 Å². The fraction of sp³-hybridized carbons (Fsp3) is 0.565. The van der Waals surface area contributed by atoms with Gasteiger partial charge in [-0.15, -0.1) is 0 Å². The van der Waals surface area contributed by atoms with Crippen molar-refractivity contribution in [1.29, 1.82) is 5.41 Å². The van der Waals surface area contributed by atoms with E-state index in [4.69, 9.17) is 11.1 Å². The van der Waals surface area contributed by atoms with E-state index in [0.29, 0.717) is 11.9 Å². The van der Waals surface area contributed by atoms with Crippen molar-refractivity contribution in [2.45, 2.75) is 58.0 Å². The number of benzene rings is 1. The fourth-order valence-electron chi connectivity index (χ4n) is 5.10. The van der Waals surface area contributed by atoms with E-state index in [0.717, 1.165) is 75.8 Å². The lowest BCUT2D eigenvalue weighted by Gasteiger charge is -2.31. The van der Waals surface area contributed by atoms with Crippen LogP contribution >= 0.6 is 0 Å². The molecule has 2 aliphatic rings. The topological polar surface area (TPSA) is 87.1 Å². The average Bonchev–Trinajstić information content (AvgIpc) is 3.35. The van der Waals surface area contributed by atoms with Gasteiger partial charge in [-0.3, -0.25) is 10.2 Å². The van der Waals surface area contributed by atoms with Gasteiger partial charge in [-0.05, 0) is 69.5 Å². The Kier molecular flexibility index (Phi) is 5.90. The van der Waals surface area contributed by atoms with Gasteiger partial charge in [-0.2, -0.15) is 0 Å². The second-order valence-corrected chi connectivity index (χ2v) is 8.48. The number of piperidine rings is 1. The van der Waals surface area contributed by atoms with Crippen molar-refractivity contribution in [3.8, 4) is 0 Å². The molecule has 4 rings (SSSR count). The number of amides is 1. The zero-order valence-corrected chi connectivity index (χ0v) is 17.4. The Morgan fingerprint density at radius 1 is 1.28 bits per heavy atom. The summed E-state index contributed by atoms with van der Waals surface area (Å²) in [6, 6.07) is 8.62. The Bertz CT molecular complexity index is 896. The Morgan fingerprint density at radius 2 is 2.14 bits per heavy atom. The van der Waals surface area contributed by atoms with Crippen molar-refractivity contribution in [2.24, 2.45) is 11.7 Å². The standard InChI is InChI=1S/C23H33N5O/c1-2-27-20(13-16-7-8-17(22(24)25)14-21(16)27)10-9-19-6-4-12-28(19)23(29)18-5-3-11-26-15-18/h7-8,13-14,18-19,26H,2-6,9-12,15H2,1H3,(H3,24,25). The molecule has 1 amide bonds. The molecule has 2 aromatic rings. The first-order chi connectivity index (χ1) is 14.1. The Hall–Kier alpha value is -2.34. The minimum absolute atomic E-state index is 0.106. The third-order valence-corrected chi connectivity index (χ3v) is 6.66. The number of nitrogens with two attached hydrogens (primary N) is 1. The summed E-state index contributed by atoms with van der Waals surface area (Å²) < 4.78 is 2.33. The molecule has 0 bridgehead atoms. The van der Waals surface area contributed by atoms with Crippen LogP contribution in [0.5, 0.6) is 0 Å². The van der Waals surface area contributed by atoms with Crippen LogP contribution in [0.15, 0.2) is 24.3 Å². The number of nitrogens with one attached hydrogen (secondary N) is 2. The van der Waals surface area contributed by atoms with Crippen LogP contribution in [0.1, 0.15) is 50.3 Å². The van der Waals surface area contributed by atoms with Crippen LogP contribution in [0, 0.1) is 11.3 Å². The van der Waals surface area contributed by atoms with Crippen molar-refractivity contribution >= 4 is 22.6 Å². The summed E-state index contributed by atoms with van der Waals surface area (Å²) in [6.07, 6.45) is 6.35. The lowest BCUT2D eigenvalue weighted by atomic mass is 9.97. The van der Waals surface area contributed by atoms with Gasteiger partial charge in [0.1, 0.15) is 5.84 Å². The molecular weight excluding hydrogens is 362 g/mol. The molecule has 1 aromatic carbocycles. The monoisotopic (exact) mass is 395 g/mol. The molecule has 2 atom stereocenters. The van der Waals surface area contributed by atoms with E-state index in [1.165, 1.54) is 11.1 Å². The van der Waals surface area contributed by atoms with Crippen molar-refractivity contribution in [3.63, 3.8) is 0 Å². The Balaban J connectivity index is 1.48. The van der Waals surface area contributed by atoms with E-state index in [9.17, 15) is 4.79 Å². The van der Waals surface area contributed by atoms with Crippen molar-refractivity contribution in [1.82, 2.24) is 14.8 Å². The number of hydrogen-bond acceptors (Lipinski definition) is 3. The molecule has 6 nitrogen and oxygen atoms in total. The SMILES string of the molecule is CCn1c(CCC2CCCN2C(=O)C2CCCNC2)cc2ccc(C(=N)N)cc21.